The lowest BCUT2D eigenvalue weighted by molar-refractivity contribution is -0.124. The Labute approximate surface area is 105 Å². The molecule has 0 spiro atoms. The molecule has 16 heavy (non-hydrogen) atoms. The molecule has 0 radical (unpaired) electrons. The fourth-order valence-electron chi connectivity index (χ4n) is 2.65. The maximum absolute atomic E-state index is 11.5. The van der Waals surface area contributed by atoms with Gasteiger partial charge in [0.2, 0.25) is 0 Å². The van der Waals surface area contributed by atoms with Crippen molar-refractivity contribution in [3.63, 3.8) is 0 Å². The zero-order chi connectivity index (χ0) is 12.0. The van der Waals surface area contributed by atoms with Gasteiger partial charge in [-0.25, -0.2) is 0 Å². The van der Waals surface area contributed by atoms with Gasteiger partial charge in [-0.3, -0.25) is 4.79 Å². The second kappa shape index (κ2) is 6.64. The molecular weight excluding hydrogens is 220 g/mol. The van der Waals surface area contributed by atoms with Crippen LogP contribution in [-0.2, 0) is 4.79 Å². The van der Waals surface area contributed by atoms with Crippen molar-refractivity contribution < 1.29 is 4.79 Å². The molecule has 0 saturated heterocycles. The topological polar surface area (TPSA) is 17.1 Å². The predicted octanol–water partition coefficient (Wildman–Crippen LogP) is 4.57. The van der Waals surface area contributed by atoms with Crippen LogP contribution >= 0.6 is 11.6 Å². The number of Topliss-reactive ketones (excluding diaryl/α,β-unsaturated/α-hetero) is 1. The monoisotopic (exact) mass is 244 g/mol. The fourth-order valence-corrected chi connectivity index (χ4v) is 2.84. The van der Waals surface area contributed by atoms with Crippen molar-refractivity contribution in [3.05, 3.63) is 0 Å². The number of halogens is 1. The van der Waals surface area contributed by atoms with Crippen LogP contribution in [0.5, 0.6) is 0 Å². The average Bonchev–Trinajstić information content (AvgIpc) is 2.23. The number of carbonyl (C=O) groups is 1. The van der Waals surface area contributed by atoms with Gasteiger partial charge in [-0.15, -0.1) is 11.6 Å². The summed E-state index contributed by atoms with van der Waals surface area (Å²) in [5.74, 6) is 1.88. The minimum atomic E-state index is 0.375. The molecule has 1 saturated carbocycles. The van der Waals surface area contributed by atoms with E-state index in [9.17, 15) is 4.79 Å². The molecule has 0 bridgehead atoms. The Morgan fingerprint density at radius 2 is 1.94 bits per heavy atom. The quantitative estimate of drug-likeness (QED) is 0.494. The van der Waals surface area contributed by atoms with Gasteiger partial charge in [-0.1, -0.05) is 33.1 Å². The van der Waals surface area contributed by atoms with E-state index in [2.05, 4.69) is 13.8 Å². The summed E-state index contributed by atoms with van der Waals surface area (Å²) in [6, 6.07) is 0. The largest absolute Gasteiger partial charge is 0.300 e. The zero-order valence-corrected chi connectivity index (χ0v) is 11.5. The minimum Gasteiger partial charge on any atom is -0.300 e. The number of carbonyl (C=O) groups excluding carboxylic acids is 1. The van der Waals surface area contributed by atoms with Gasteiger partial charge in [0.25, 0.3) is 0 Å². The molecule has 2 heteroatoms. The van der Waals surface area contributed by atoms with Gasteiger partial charge in [0.15, 0.2) is 0 Å². The zero-order valence-electron chi connectivity index (χ0n) is 10.7. The van der Waals surface area contributed by atoms with Crippen molar-refractivity contribution in [2.45, 2.75) is 65.2 Å². The van der Waals surface area contributed by atoms with E-state index in [1.807, 2.05) is 0 Å². The molecule has 1 atom stereocenters. The summed E-state index contributed by atoms with van der Waals surface area (Å²) in [6.45, 7) is 4.64. The fraction of sp³-hybridized carbons (Fsp3) is 0.929. The Balaban J connectivity index is 2.25. The molecule has 0 aromatic rings. The Bertz CT molecular complexity index is 223. The van der Waals surface area contributed by atoms with Crippen LogP contribution in [0.1, 0.15) is 65.2 Å². The summed E-state index contributed by atoms with van der Waals surface area (Å²) in [6.07, 6.45) is 8.84. The highest BCUT2D eigenvalue weighted by atomic mass is 35.5. The molecule has 1 aliphatic carbocycles. The molecule has 0 amide bonds. The van der Waals surface area contributed by atoms with E-state index >= 15 is 0 Å². The summed E-state index contributed by atoms with van der Waals surface area (Å²) in [7, 11) is 0. The Morgan fingerprint density at radius 3 is 2.62 bits per heavy atom. The first-order valence-corrected chi connectivity index (χ1v) is 7.17. The molecule has 1 nitrogen and oxygen atoms in total. The number of alkyl halides is 1. The number of ketones is 1. The third-order valence-corrected chi connectivity index (χ3v) is 4.33. The first-order valence-electron chi connectivity index (χ1n) is 6.64. The van der Waals surface area contributed by atoms with E-state index in [-0.39, 0.29) is 0 Å². The maximum Gasteiger partial charge on any atom is 0.133 e. The van der Waals surface area contributed by atoms with E-state index in [4.69, 9.17) is 11.6 Å². The lowest BCUT2D eigenvalue weighted by Crippen LogP contribution is -2.32. The second-order valence-electron chi connectivity index (χ2n) is 5.82. The Morgan fingerprint density at radius 1 is 1.25 bits per heavy atom. The van der Waals surface area contributed by atoms with E-state index in [0.29, 0.717) is 17.1 Å². The van der Waals surface area contributed by atoms with Gasteiger partial charge in [-0.2, -0.15) is 0 Å². The third-order valence-electron chi connectivity index (χ3n) is 4.06. The molecule has 1 rings (SSSR count). The summed E-state index contributed by atoms with van der Waals surface area (Å²) in [4.78, 5) is 11.5. The molecule has 0 aromatic heterocycles. The highest BCUT2D eigenvalue weighted by Crippen LogP contribution is 2.41. The normalized spacial score (nSPS) is 24.7. The van der Waals surface area contributed by atoms with Crippen LogP contribution in [0.25, 0.3) is 0 Å². The lowest BCUT2D eigenvalue weighted by atomic mass is 9.67. The highest BCUT2D eigenvalue weighted by molar-refractivity contribution is 6.17. The second-order valence-corrected chi connectivity index (χ2v) is 6.20. The van der Waals surface area contributed by atoms with Crippen molar-refractivity contribution >= 4 is 17.4 Å². The first-order chi connectivity index (χ1) is 7.56. The van der Waals surface area contributed by atoms with E-state index in [1.165, 1.54) is 25.7 Å². The molecule has 0 unspecified atom stereocenters. The van der Waals surface area contributed by atoms with Crippen LogP contribution < -0.4 is 0 Å². The number of hydrogen-bond acceptors (Lipinski definition) is 1. The molecule has 0 aromatic carbocycles. The SMILES string of the molecule is CC1(C)CCC(=O)C[C@@H]1CCCCCCCl. The minimum absolute atomic E-state index is 0.375. The van der Waals surface area contributed by atoms with Gasteiger partial charge in [0.05, 0.1) is 0 Å². The van der Waals surface area contributed by atoms with Crippen molar-refractivity contribution in [1.29, 1.82) is 0 Å². The van der Waals surface area contributed by atoms with Gasteiger partial charge < -0.3 is 0 Å². The van der Waals surface area contributed by atoms with Crippen molar-refractivity contribution in [2.24, 2.45) is 11.3 Å². The van der Waals surface area contributed by atoms with Gasteiger partial charge in [0.1, 0.15) is 5.78 Å². The van der Waals surface area contributed by atoms with E-state index < -0.39 is 0 Å². The standard InChI is InChI=1S/C14H25ClO/c1-14(2)9-8-13(16)11-12(14)7-5-3-4-6-10-15/h12H,3-11H2,1-2H3/t12-/m0/s1. The third kappa shape index (κ3) is 4.45. The Hall–Kier alpha value is -0.0400. The van der Waals surface area contributed by atoms with Gasteiger partial charge in [0, 0.05) is 18.7 Å². The van der Waals surface area contributed by atoms with Gasteiger partial charge in [-0.05, 0) is 30.6 Å². The van der Waals surface area contributed by atoms with Crippen LogP contribution in [0.15, 0.2) is 0 Å². The molecule has 0 N–H and O–H groups in total. The number of hydrogen-bond donors (Lipinski definition) is 0. The molecular formula is C14H25ClO. The van der Waals surface area contributed by atoms with Crippen LogP contribution in [0.4, 0.5) is 0 Å². The van der Waals surface area contributed by atoms with Crippen molar-refractivity contribution in [2.75, 3.05) is 5.88 Å². The molecule has 94 valence electrons. The van der Waals surface area contributed by atoms with Crippen LogP contribution in [-0.4, -0.2) is 11.7 Å². The summed E-state index contributed by atoms with van der Waals surface area (Å²) in [5.41, 5.74) is 0.375. The number of rotatable bonds is 6. The smallest absolute Gasteiger partial charge is 0.133 e. The highest BCUT2D eigenvalue weighted by Gasteiger charge is 2.34. The summed E-state index contributed by atoms with van der Waals surface area (Å²) >= 11 is 5.65. The number of unbranched alkanes of at least 4 members (excludes halogenated alkanes) is 3. The van der Waals surface area contributed by atoms with Crippen molar-refractivity contribution in [1.82, 2.24) is 0 Å². The van der Waals surface area contributed by atoms with Crippen molar-refractivity contribution in [3.8, 4) is 0 Å². The molecule has 1 aliphatic rings. The van der Waals surface area contributed by atoms with Crippen LogP contribution in [0, 0.1) is 11.3 Å². The predicted molar refractivity (Wildman–Crippen MR) is 69.9 cm³/mol. The Kier molecular flexibility index (Phi) is 5.82. The molecule has 1 fully saturated rings. The molecule has 0 aliphatic heterocycles. The summed E-state index contributed by atoms with van der Waals surface area (Å²) < 4.78 is 0. The van der Waals surface area contributed by atoms with Gasteiger partial charge >= 0.3 is 0 Å². The maximum atomic E-state index is 11.5. The van der Waals surface area contributed by atoms with Crippen LogP contribution in [0.2, 0.25) is 0 Å². The average molecular weight is 245 g/mol. The molecule has 0 heterocycles. The van der Waals surface area contributed by atoms with E-state index in [1.54, 1.807) is 0 Å². The lowest BCUT2D eigenvalue weighted by Gasteiger charge is -2.38. The van der Waals surface area contributed by atoms with E-state index in [0.717, 1.165) is 31.6 Å². The summed E-state index contributed by atoms with van der Waals surface area (Å²) in [5, 5.41) is 0. The first kappa shape index (κ1) is 14.0. The van der Waals surface area contributed by atoms with Crippen LogP contribution in [0.3, 0.4) is 0 Å².